The Balaban J connectivity index is 1.52. The van der Waals surface area contributed by atoms with E-state index in [9.17, 15) is 4.79 Å². The predicted octanol–water partition coefficient (Wildman–Crippen LogP) is 5.30. The average molecular weight is 376 g/mol. The van der Waals surface area contributed by atoms with Gasteiger partial charge in [0.2, 0.25) is 5.91 Å². The maximum absolute atomic E-state index is 13.1. The molecule has 4 nitrogen and oxygen atoms in total. The van der Waals surface area contributed by atoms with E-state index < -0.39 is 0 Å². The van der Waals surface area contributed by atoms with E-state index in [0.29, 0.717) is 12.5 Å². The van der Waals surface area contributed by atoms with E-state index in [-0.39, 0.29) is 11.9 Å². The van der Waals surface area contributed by atoms with Crippen molar-refractivity contribution >= 4 is 16.8 Å². The number of nitrogens with zero attached hydrogens (tertiary/aromatic N) is 3. The van der Waals surface area contributed by atoms with E-state index in [4.69, 9.17) is 0 Å². The number of carbonyl (C=O) groups excluding carboxylic acids is 1. The van der Waals surface area contributed by atoms with Gasteiger partial charge >= 0.3 is 0 Å². The van der Waals surface area contributed by atoms with E-state index in [1.54, 1.807) is 6.20 Å². The Hall–Kier alpha value is -2.62. The molecule has 1 aromatic carbocycles. The van der Waals surface area contributed by atoms with Gasteiger partial charge < -0.3 is 9.47 Å². The standard InChI is InChI=1S/C24H29N3O/c1-18(2)27-17-20(21-9-3-4-11-23(21)27)12-13-24(28)26-15-6-5-10-22(26)19-8-7-14-25-16-19/h3-4,7-9,11,14,16-18,22H,5-6,10,12-13,15H2,1-2H3/t22-/m0/s1. The number of hydrogen-bond donors (Lipinski definition) is 0. The molecular formula is C24H29N3O. The molecule has 4 rings (SSSR count). The van der Waals surface area contributed by atoms with Gasteiger partial charge in [-0.05, 0) is 62.8 Å². The molecule has 146 valence electrons. The second-order valence-electron chi connectivity index (χ2n) is 8.06. The highest BCUT2D eigenvalue weighted by atomic mass is 16.2. The minimum Gasteiger partial charge on any atom is -0.345 e. The van der Waals surface area contributed by atoms with Gasteiger partial charge in [0, 0.05) is 48.5 Å². The van der Waals surface area contributed by atoms with Crippen molar-refractivity contribution in [3.8, 4) is 0 Å². The van der Waals surface area contributed by atoms with Crippen LogP contribution in [-0.2, 0) is 11.2 Å². The first-order valence-electron chi connectivity index (χ1n) is 10.4. The lowest BCUT2D eigenvalue weighted by atomic mass is 9.95. The summed E-state index contributed by atoms with van der Waals surface area (Å²) in [7, 11) is 0. The molecule has 0 aliphatic carbocycles. The first-order chi connectivity index (χ1) is 13.6. The van der Waals surface area contributed by atoms with Gasteiger partial charge in [-0.1, -0.05) is 24.3 Å². The van der Waals surface area contributed by atoms with Crippen molar-refractivity contribution < 1.29 is 4.79 Å². The normalized spacial score (nSPS) is 17.4. The number of pyridine rings is 1. The van der Waals surface area contributed by atoms with Gasteiger partial charge in [-0.25, -0.2) is 0 Å². The van der Waals surface area contributed by atoms with Crippen LogP contribution in [0.5, 0.6) is 0 Å². The molecule has 28 heavy (non-hydrogen) atoms. The Morgan fingerprint density at radius 3 is 2.82 bits per heavy atom. The summed E-state index contributed by atoms with van der Waals surface area (Å²) >= 11 is 0. The van der Waals surface area contributed by atoms with Gasteiger partial charge in [-0.3, -0.25) is 9.78 Å². The Morgan fingerprint density at radius 2 is 2.04 bits per heavy atom. The highest BCUT2D eigenvalue weighted by Gasteiger charge is 2.28. The van der Waals surface area contributed by atoms with Gasteiger partial charge in [-0.2, -0.15) is 0 Å². The minimum absolute atomic E-state index is 0.173. The van der Waals surface area contributed by atoms with E-state index in [0.717, 1.165) is 31.4 Å². The summed E-state index contributed by atoms with van der Waals surface area (Å²) in [6.07, 6.45) is 10.6. The van der Waals surface area contributed by atoms with Crippen LogP contribution in [0.4, 0.5) is 0 Å². The molecule has 1 fully saturated rings. The summed E-state index contributed by atoms with van der Waals surface area (Å²) in [5, 5.41) is 1.27. The van der Waals surface area contributed by atoms with E-state index in [1.165, 1.54) is 22.9 Å². The number of likely N-dealkylation sites (tertiary alicyclic amines) is 1. The van der Waals surface area contributed by atoms with Gasteiger partial charge in [0.1, 0.15) is 0 Å². The lowest BCUT2D eigenvalue weighted by molar-refractivity contribution is -0.135. The van der Waals surface area contributed by atoms with Gasteiger partial charge in [0.15, 0.2) is 0 Å². The quantitative estimate of drug-likeness (QED) is 0.606. The second kappa shape index (κ2) is 8.17. The number of hydrogen-bond acceptors (Lipinski definition) is 2. The molecule has 1 aliphatic rings. The van der Waals surface area contributed by atoms with Crippen molar-refractivity contribution in [2.75, 3.05) is 6.54 Å². The Kier molecular flexibility index (Phi) is 5.47. The van der Waals surface area contributed by atoms with Crippen molar-refractivity contribution in [3.63, 3.8) is 0 Å². The SMILES string of the molecule is CC(C)n1cc(CCC(=O)N2CCCC[C@H]2c2cccnc2)c2ccccc21. The predicted molar refractivity (Wildman–Crippen MR) is 113 cm³/mol. The zero-order valence-electron chi connectivity index (χ0n) is 16.8. The lowest BCUT2D eigenvalue weighted by Gasteiger charge is -2.36. The zero-order valence-corrected chi connectivity index (χ0v) is 16.8. The molecule has 0 unspecified atom stereocenters. The second-order valence-corrected chi connectivity index (χ2v) is 8.06. The van der Waals surface area contributed by atoms with Crippen LogP contribution in [0.2, 0.25) is 0 Å². The number of aryl methyl sites for hydroxylation is 1. The van der Waals surface area contributed by atoms with Crippen LogP contribution in [0, 0.1) is 0 Å². The fourth-order valence-corrected chi connectivity index (χ4v) is 4.44. The minimum atomic E-state index is 0.173. The first kappa shape index (κ1) is 18.7. The number of benzene rings is 1. The van der Waals surface area contributed by atoms with Crippen LogP contribution in [0.3, 0.4) is 0 Å². The maximum Gasteiger partial charge on any atom is 0.223 e. The molecule has 4 heteroatoms. The lowest BCUT2D eigenvalue weighted by Crippen LogP contribution is -2.38. The third-order valence-corrected chi connectivity index (χ3v) is 5.88. The Labute approximate surface area is 167 Å². The van der Waals surface area contributed by atoms with E-state index in [2.05, 4.69) is 64.8 Å². The number of rotatable bonds is 5. The highest BCUT2D eigenvalue weighted by Crippen LogP contribution is 2.32. The molecule has 0 radical (unpaired) electrons. The topological polar surface area (TPSA) is 38.1 Å². The fraction of sp³-hybridized carbons (Fsp3) is 0.417. The molecule has 0 spiro atoms. The molecule has 1 atom stereocenters. The van der Waals surface area contributed by atoms with Crippen LogP contribution in [0.25, 0.3) is 10.9 Å². The summed E-state index contributed by atoms with van der Waals surface area (Å²) in [6.45, 7) is 5.26. The summed E-state index contributed by atoms with van der Waals surface area (Å²) in [5.74, 6) is 0.259. The van der Waals surface area contributed by atoms with Crippen molar-refractivity contribution in [3.05, 3.63) is 66.1 Å². The van der Waals surface area contributed by atoms with Crippen LogP contribution < -0.4 is 0 Å². The molecule has 3 aromatic rings. The molecule has 0 saturated carbocycles. The molecule has 0 N–H and O–H groups in total. The number of aromatic nitrogens is 2. The molecule has 1 amide bonds. The first-order valence-corrected chi connectivity index (χ1v) is 10.4. The molecule has 1 saturated heterocycles. The van der Waals surface area contributed by atoms with Crippen molar-refractivity contribution in [2.24, 2.45) is 0 Å². The fourth-order valence-electron chi connectivity index (χ4n) is 4.44. The summed E-state index contributed by atoms with van der Waals surface area (Å²) in [5.41, 5.74) is 3.69. The number of fused-ring (bicyclic) bond motifs is 1. The van der Waals surface area contributed by atoms with Crippen molar-refractivity contribution in [1.82, 2.24) is 14.5 Å². The van der Waals surface area contributed by atoms with Crippen LogP contribution in [-0.4, -0.2) is 26.9 Å². The van der Waals surface area contributed by atoms with Gasteiger partial charge in [0.25, 0.3) is 0 Å². The third kappa shape index (κ3) is 3.68. The van der Waals surface area contributed by atoms with E-state index in [1.807, 2.05) is 12.3 Å². The van der Waals surface area contributed by atoms with Crippen LogP contribution in [0.1, 0.15) is 62.7 Å². The Bertz CT molecular complexity index is 945. The highest BCUT2D eigenvalue weighted by molar-refractivity contribution is 5.85. The van der Waals surface area contributed by atoms with Crippen LogP contribution in [0.15, 0.2) is 55.0 Å². The number of amides is 1. The Morgan fingerprint density at radius 1 is 1.18 bits per heavy atom. The van der Waals surface area contributed by atoms with Gasteiger partial charge in [0.05, 0.1) is 6.04 Å². The van der Waals surface area contributed by atoms with Gasteiger partial charge in [-0.15, -0.1) is 0 Å². The average Bonchev–Trinajstić information content (AvgIpc) is 3.12. The monoisotopic (exact) mass is 375 g/mol. The smallest absolute Gasteiger partial charge is 0.223 e. The van der Waals surface area contributed by atoms with Crippen molar-refractivity contribution in [2.45, 2.75) is 58.0 Å². The van der Waals surface area contributed by atoms with Crippen LogP contribution >= 0.6 is 0 Å². The molecule has 3 heterocycles. The summed E-state index contributed by atoms with van der Waals surface area (Å²) < 4.78 is 2.31. The molecule has 1 aliphatic heterocycles. The number of carbonyl (C=O) groups is 1. The summed E-state index contributed by atoms with van der Waals surface area (Å²) in [6, 6.07) is 13.2. The molecule has 0 bridgehead atoms. The van der Waals surface area contributed by atoms with Crippen molar-refractivity contribution in [1.29, 1.82) is 0 Å². The largest absolute Gasteiger partial charge is 0.345 e. The summed E-state index contributed by atoms with van der Waals surface area (Å²) in [4.78, 5) is 19.5. The van der Waals surface area contributed by atoms with E-state index >= 15 is 0 Å². The molecular weight excluding hydrogens is 346 g/mol. The maximum atomic E-state index is 13.1. The zero-order chi connectivity index (χ0) is 19.5. The third-order valence-electron chi connectivity index (χ3n) is 5.88. The number of piperidine rings is 1. The number of para-hydroxylation sites is 1. The molecule has 2 aromatic heterocycles.